The van der Waals surface area contributed by atoms with Gasteiger partial charge in [-0.15, -0.1) is 0 Å². The minimum absolute atomic E-state index is 0.0765. The van der Waals surface area contributed by atoms with E-state index < -0.39 is 9.84 Å². The highest BCUT2D eigenvalue weighted by Gasteiger charge is 2.29. The van der Waals surface area contributed by atoms with Crippen molar-refractivity contribution in [3.05, 3.63) is 33.8 Å². The number of benzene rings is 1. The fraction of sp³-hybridized carbons (Fsp3) is 0.385. The summed E-state index contributed by atoms with van der Waals surface area (Å²) in [4.78, 5) is 11.7. The molecular weight excluding hydrogens is 335 g/mol. The van der Waals surface area contributed by atoms with Crippen LogP contribution < -0.4 is 5.43 Å². The fourth-order valence-electron chi connectivity index (χ4n) is 2.12. The Morgan fingerprint density at radius 1 is 1.43 bits per heavy atom. The number of hydrazone groups is 1. The molecular formula is C13H14Cl2N2O3S. The Labute approximate surface area is 133 Å². The van der Waals surface area contributed by atoms with E-state index in [1.54, 1.807) is 18.2 Å². The van der Waals surface area contributed by atoms with Crippen LogP contribution in [0.1, 0.15) is 18.4 Å². The second kappa shape index (κ2) is 6.77. The zero-order valence-electron chi connectivity index (χ0n) is 11.1. The normalized spacial score (nSPS) is 20.8. The van der Waals surface area contributed by atoms with Crippen molar-refractivity contribution in [1.29, 1.82) is 0 Å². The first-order chi connectivity index (χ1) is 9.85. The Hall–Kier alpha value is -1.11. The molecule has 1 heterocycles. The first kappa shape index (κ1) is 16.3. The van der Waals surface area contributed by atoms with Gasteiger partial charge in [0.2, 0.25) is 5.91 Å². The summed E-state index contributed by atoms with van der Waals surface area (Å²) in [6.45, 7) is 0. The minimum atomic E-state index is -2.96. The molecule has 2 rings (SSSR count). The summed E-state index contributed by atoms with van der Waals surface area (Å²) in [5.74, 6) is -0.190. The maximum Gasteiger partial charge on any atom is 0.240 e. The molecule has 0 aromatic heterocycles. The number of nitrogens with zero attached hydrogens (tertiary/aromatic N) is 1. The Morgan fingerprint density at radius 2 is 2.19 bits per heavy atom. The summed E-state index contributed by atoms with van der Waals surface area (Å²) in [6.07, 6.45) is 2.11. The van der Waals surface area contributed by atoms with Crippen molar-refractivity contribution in [2.24, 2.45) is 11.0 Å². The molecule has 1 atom stereocenters. The summed E-state index contributed by atoms with van der Waals surface area (Å²) in [6, 6.07) is 4.93. The third-order valence-corrected chi connectivity index (χ3v) is 5.56. The van der Waals surface area contributed by atoms with E-state index in [2.05, 4.69) is 10.5 Å². The van der Waals surface area contributed by atoms with E-state index in [4.69, 9.17) is 23.2 Å². The topological polar surface area (TPSA) is 75.6 Å². The van der Waals surface area contributed by atoms with Crippen molar-refractivity contribution in [2.75, 3.05) is 11.5 Å². The van der Waals surface area contributed by atoms with Gasteiger partial charge in [0, 0.05) is 17.0 Å². The number of hydrogen-bond donors (Lipinski definition) is 1. The summed E-state index contributed by atoms with van der Waals surface area (Å²) in [7, 11) is -2.96. The Bertz CT molecular complexity index is 674. The quantitative estimate of drug-likeness (QED) is 0.669. The molecule has 8 heteroatoms. The van der Waals surface area contributed by atoms with Gasteiger partial charge in [-0.05, 0) is 24.5 Å². The number of nitrogens with one attached hydrogen (secondary N) is 1. The molecule has 114 valence electrons. The van der Waals surface area contributed by atoms with E-state index in [1.807, 2.05) is 0 Å². The van der Waals surface area contributed by atoms with Gasteiger partial charge in [-0.25, -0.2) is 13.8 Å². The molecule has 1 aliphatic heterocycles. The lowest BCUT2D eigenvalue weighted by Gasteiger charge is -2.05. The number of rotatable bonds is 4. The molecule has 1 N–H and O–H groups in total. The Balaban J connectivity index is 1.85. The number of halogens is 2. The Kier molecular flexibility index (Phi) is 5.24. The van der Waals surface area contributed by atoms with E-state index in [0.717, 1.165) is 0 Å². The van der Waals surface area contributed by atoms with Gasteiger partial charge < -0.3 is 0 Å². The average molecular weight is 349 g/mol. The largest absolute Gasteiger partial charge is 0.273 e. The van der Waals surface area contributed by atoms with Crippen molar-refractivity contribution in [2.45, 2.75) is 12.8 Å². The smallest absolute Gasteiger partial charge is 0.240 e. The highest BCUT2D eigenvalue weighted by molar-refractivity contribution is 7.91. The molecule has 1 saturated heterocycles. The molecule has 1 amide bonds. The molecule has 0 radical (unpaired) electrons. The number of amides is 1. The van der Waals surface area contributed by atoms with Crippen molar-refractivity contribution in [1.82, 2.24) is 5.43 Å². The zero-order valence-corrected chi connectivity index (χ0v) is 13.4. The maximum absolute atomic E-state index is 11.7. The van der Waals surface area contributed by atoms with Crippen LogP contribution >= 0.6 is 23.2 Å². The van der Waals surface area contributed by atoms with Crippen LogP contribution in [0.15, 0.2) is 23.3 Å². The maximum atomic E-state index is 11.7. The molecule has 0 aliphatic carbocycles. The fourth-order valence-corrected chi connectivity index (χ4v) is 4.44. The van der Waals surface area contributed by atoms with Crippen LogP contribution in [0.3, 0.4) is 0 Å². The van der Waals surface area contributed by atoms with Crippen LogP contribution in [0.5, 0.6) is 0 Å². The predicted molar refractivity (Wildman–Crippen MR) is 83.6 cm³/mol. The molecule has 21 heavy (non-hydrogen) atoms. The standard InChI is InChI=1S/C13H14Cl2N2O3S/c14-11-2-1-10(12(15)6-11)7-16-17-13(18)5-9-3-4-21(19,20)8-9/h1-2,6-7,9H,3-5,8H2,(H,17,18)/b16-7-/t9-/m0/s1. The molecule has 0 unspecified atom stereocenters. The van der Waals surface area contributed by atoms with Crippen molar-refractivity contribution in [3.8, 4) is 0 Å². The van der Waals surface area contributed by atoms with Gasteiger partial charge in [-0.1, -0.05) is 29.3 Å². The molecule has 0 bridgehead atoms. The predicted octanol–water partition coefficient (Wildman–Crippen LogP) is 2.27. The van der Waals surface area contributed by atoms with Crippen LogP contribution in [0, 0.1) is 5.92 Å². The highest BCUT2D eigenvalue weighted by atomic mass is 35.5. The van der Waals surface area contributed by atoms with Gasteiger partial charge in [0.1, 0.15) is 0 Å². The van der Waals surface area contributed by atoms with Crippen LogP contribution in [0.25, 0.3) is 0 Å². The van der Waals surface area contributed by atoms with Gasteiger partial charge in [-0.2, -0.15) is 5.10 Å². The van der Waals surface area contributed by atoms with Gasteiger partial charge in [0.25, 0.3) is 0 Å². The van der Waals surface area contributed by atoms with Crippen molar-refractivity contribution >= 4 is 45.2 Å². The molecule has 1 fully saturated rings. The monoisotopic (exact) mass is 348 g/mol. The van der Waals surface area contributed by atoms with Gasteiger partial charge in [0.05, 0.1) is 22.7 Å². The lowest BCUT2D eigenvalue weighted by atomic mass is 10.1. The SMILES string of the molecule is O=C(C[C@@H]1CCS(=O)(=O)C1)N/N=C\c1ccc(Cl)cc1Cl. The molecule has 5 nitrogen and oxygen atoms in total. The lowest BCUT2D eigenvalue weighted by molar-refractivity contribution is -0.121. The molecule has 0 spiro atoms. The highest BCUT2D eigenvalue weighted by Crippen LogP contribution is 2.21. The third kappa shape index (κ3) is 4.98. The first-order valence-electron chi connectivity index (χ1n) is 6.33. The van der Waals surface area contributed by atoms with E-state index in [9.17, 15) is 13.2 Å². The Morgan fingerprint density at radius 3 is 2.81 bits per heavy atom. The van der Waals surface area contributed by atoms with Crippen LogP contribution in [-0.2, 0) is 14.6 Å². The summed E-state index contributed by atoms with van der Waals surface area (Å²) < 4.78 is 22.6. The average Bonchev–Trinajstić information content (AvgIpc) is 2.71. The van der Waals surface area contributed by atoms with Crippen LogP contribution in [0.2, 0.25) is 10.0 Å². The van der Waals surface area contributed by atoms with E-state index >= 15 is 0 Å². The van der Waals surface area contributed by atoms with Crippen molar-refractivity contribution < 1.29 is 13.2 Å². The van der Waals surface area contributed by atoms with Crippen LogP contribution in [0.4, 0.5) is 0 Å². The molecule has 0 saturated carbocycles. The summed E-state index contributed by atoms with van der Waals surface area (Å²) >= 11 is 11.7. The zero-order chi connectivity index (χ0) is 15.5. The van der Waals surface area contributed by atoms with Gasteiger partial charge in [0.15, 0.2) is 9.84 Å². The first-order valence-corrected chi connectivity index (χ1v) is 8.91. The third-order valence-electron chi connectivity index (χ3n) is 3.16. The van der Waals surface area contributed by atoms with E-state index in [-0.39, 0.29) is 29.8 Å². The minimum Gasteiger partial charge on any atom is -0.273 e. The van der Waals surface area contributed by atoms with Crippen molar-refractivity contribution in [3.63, 3.8) is 0 Å². The second-order valence-corrected chi connectivity index (χ2v) is 8.00. The number of hydrogen-bond acceptors (Lipinski definition) is 4. The molecule has 1 aromatic carbocycles. The number of carbonyl (C=O) groups is 1. The van der Waals surface area contributed by atoms with E-state index in [1.165, 1.54) is 6.21 Å². The summed E-state index contributed by atoms with van der Waals surface area (Å²) in [5.41, 5.74) is 3.00. The van der Waals surface area contributed by atoms with Gasteiger partial charge in [-0.3, -0.25) is 4.79 Å². The van der Waals surface area contributed by atoms with Gasteiger partial charge >= 0.3 is 0 Å². The summed E-state index contributed by atoms with van der Waals surface area (Å²) in [5, 5.41) is 4.76. The number of sulfone groups is 1. The van der Waals surface area contributed by atoms with E-state index in [0.29, 0.717) is 22.0 Å². The van der Waals surface area contributed by atoms with Crippen LogP contribution in [-0.4, -0.2) is 32.0 Å². The number of carbonyl (C=O) groups excluding carboxylic acids is 1. The molecule has 1 aliphatic rings. The second-order valence-electron chi connectivity index (χ2n) is 4.93. The lowest BCUT2D eigenvalue weighted by Crippen LogP contribution is -2.21. The molecule has 1 aromatic rings.